The molecule has 0 fully saturated rings. The van der Waals surface area contributed by atoms with Crippen LogP contribution >= 0.6 is 0 Å². The third-order valence-electron chi connectivity index (χ3n) is 12.2. The molecule has 0 amide bonds. The minimum Gasteiger partial charge on any atom is -0.508 e. The molecule has 0 unspecified atom stereocenters. The summed E-state index contributed by atoms with van der Waals surface area (Å²) in [5, 5.41) is 155. The molecule has 8 atom stereocenters. The summed E-state index contributed by atoms with van der Waals surface area (Å²) < 4.78 is 25.4. The van der Waals surface area contributed by atoms with E-state index in [4.69, 9.17) is 18.9 Å². The van der Waals surface area contributed by atoms with E-state index < -0.39 is 111 Å². The average molecular weight is 865 g/mol. The summed E-state index contributed by atoms with van der Waals surface area (Å²) in [6, 6.07) is 15.0. The number of hydrogen-bond donors (Lipinski definition) is 14. The van der Waals surface area contributed by atoms with E-state index in [0.717, 1.165) is 54.6 Å². The monoisotopic (exact) mass is 864 g/mol. The Hall–Kier alpha value is -7.80. The van der Waals surface area contributed by atoms with Gasteiger partial charge < -0.3 is 90.4 Å². The summed E-state index contributed by atoms with van der Waals surface area (Å²) >= 11 is 0. The number of hydrogen-bond acceptors (Lipinski definition) is 18. The topological polar surface area (TPSA) is 320 Å². The normalized spacial score (nSPS) is 25.2. The van der Waals surface area contributed by atoms with Gasteiger partial charge in [0, 0.05) is 64.1 Å². The van der Waals surface area contributed by atoms with Crippen LogP contribution in [0, 0.1) is 0 Å². The number of fused-ring (bicyclic) bond motifs is 8. The molecule has 0 aromatic heterocycles. The molecule has 6 aromatic carbocycles. The molecule has 63 heavy (non-hydrogen) atoms. The molecule has 324 valence electrons. The van der Waals surface area contributed by atoms with E-state index in [9.17, 15) is 71.5 Å². The zero-order chi connectivity index (χ0) is 44.5. The Kier molecular flexibility index (Phi) is 8.49. The van der Waals surface area contributed by atoms with Crippen LogP contribution in [-0.2, 0) is 12.2 Å². The van der Waals surface area contributed by atoms with Gasteiger partial charge in [0.05, 0.1) is 17.9 Å². The van der Waals surface area contributed by atoms with E-state index in [0.29, 0.717) is 0 Å². The van der Waals surface area contributed by atoms with Crippen molar-refractivity contribution in [2.45, 2.75) is 54.6 Å². The first-order valence-corrected chi connectivity index (χ1v) is 19.3. The molecule has 18 nitrogen and oxygen atoms in total. The van der Waals surface area contributed by atoms with E-state index in [1.165, 1.54) is 24.3 Å². The van der Waals surface area contributed by atoms with Crippen molar-refractivity contribution in [1.29, 1.82) is 0 Å². The lowest BCUT2D eigenvalue weighted by molar-refractivity contribution is -0.218. The first-order valence-electron chi connectivity index (χ1n) is 19.3. The van der Waals surface area contributed by atoms with E-state index in [1.54, 1.807) is 0 Å². The maximum absolute atomic E-state index is 12.7. The fourth-order valence-electron chi connectivity index (χ4n) is 9.31. The van der Waals surface area contributed by atoms with E-state index in [-0.39, 0.29) is 73.9 Å². The summed E-state index contributed by atoms with van der Waals surface area (Å²) in [7, 11) is 0. The van der Waals surface area contributed by atoms with Crippen molar-refractivity contribution in [2.75, 3.05) is 0 Å². The predicted molar refractivity (Wildman–Crippen MR) is 212 cm³/mol. The molecule has 0 spiro atoms. The Morgan fingerprint density at radius 1 is 0.460 bits per heavy atom. The third-order valence-corrected chi connectivity index (χ3v) is 12.2. The molecule has 0 aliphatic carbocycles. The van der Waals surface area contributed by atoms with E-state index in [1.807, 2.05) is 0 Å². The first-order chi connectivity index (χ1) is 30.0. The van der Waals surface area contributed by atoms with Gasteiger partial charge in [0.15, 0.2) is 40.6 Å². The lowest BCUT2D eigenvalue weighted by Crippen LogP contribution is -2.57. The van der Waals surface area contributed by atoms with Crippen molar-refractivity contribution in [1.82, 2.24) is 0 Å². The lowest BCUT2D eigenvalue weighted by atomic mass is 9.72. The largest absolute Gasteiger partial charge is 0.508 e. The summed E-state index contributed by atoms with van der Waals surface area (Å²) in [5.41, 5.74) is -0.703. The van der Waals surface area contributed by atoms with Crippen molar-refractivity contribution in [3.8, 4) is 86.2 Å². The smallest absolute Gasteiger partial charge is 0.305 e. The van der Waals surface area contributed by atoms with Gasteiger partial charge in [-0.25, -0.2) is 0 Å². The second-order valence-corrected chi connectivity index (χ2v) is 15.9. The molecular formula is C45H36O18. The summed E-state index contributed by atoms with van der Waals surface area (Å²) in [6.07, 6.45) is -8.22. The highest BCUT2D eigenvalue weighted by molar-refractivity contribution is 5.72. The fraction of sp³-hybridized carbons (Fsp3) is 0.200. The SMILES string of the molecule is Oc1cc(O)c2c(c1)O[C@]1(c3ccc(O)c(O)c3)Oc3cc4c(c(O)c3[C@H]2[C@H]1O)[C@@H](c1c(O)cc(O)c2c1O[C@H](c1ccc(O)c(O)c1)[C@H](O)C2)[C@@H](O)[C@@H](c1ccc(O)c(O)c1)O4. The van der Waals surface area contributed by atoms with Crippen LogP contribution < -0.4 is 18.9 Å². The van der Waals surface area contributed by atoms with Crippen molar-refractivity contribution in [3.05, 3.63) is 123 Å². The molecule has 0 saturated heterocycles. The average Bonchev–Trinajstić information content (AvgIpc) is 3.22. The molecule has 0 radical (unpaired) electrons. The van der Waals surface area contributed by atoms with Crippen molar-refractivity contribution in [2.24, 2.45) is 0 Å². The molecule has 18 heteroatoms. The van der Waals surface area contributed by atoms with Gasteiger partial charge in [0.25, 0.3) is 0 Å². The molecule has 6 aromatic rings. The Labute approximate surface area is 354 Å². The fourth-order valence-corrected chi connectivity index (χ4v) is 9.31. The van der Waals surface area contributed by atoms with Crippen LogP contribution in [0.2, 0.25) is 0 Å². The zero-order valence-electron chi connectivity index (χ0n) is 32.1. The van der Waals surface area contributed by atoms with Crippen LogP contribution in [0.3, 0.4) is 0 Å². The zero-order valence-corrected chi connectivity index (χ0v) is 32.1. The Morgan fingerprint density at radius 3 is 1.67 bits per heavy atom. The van der Waals surface area contributed by atoms with Crippen LogP contribution in [0.4, 0.5) is 0 Å². The van der Waals surface area contributed by atoms with Gasteiger partial charge in [0.2, 0.25) is 0 Å². The van der Waals surface area contributed by atoms with Gasteiger partial charge in [-0.2, -0.15) is 0 Å². The second kappa shape index (κ2) is 13.6. The molecule has 14 N–H and O–H groups in total. The van der Waals surface area contributed by atoms with Crippen molar-refractivity contribution < 1.29 is 90.4 Å². The highest BCUT2D eigenvalue weighted by Crippen LogP contribution is 2.65. The quantitative estimate of drug-likeness (QED) is 0.110. The van der Waals surface area contributed by atoms with E-state index >= 15 is 0 Å². The third kappa shape index (κ3) is 5.68. The minimum atomic E-state index is -2.31. The number of rotatable bonds is 4. The molecular weight excluding hydrogens is 828 g/mol. The van der Waals surface area contributed by atoms with Crippen LogP contribution in [0.25, 0.3) is 0 Å². The highest BCUT2D eigenvalue weighted by atomic mass is 16.7. The number of phenolic OH excluding ortho intramolecular Hbond substituents is 11. The second-order valence-electron chi connectivity index (χ2n) is 15.9. The van der Waals surface area contributed by atoms with E-state index in [2.05, 4.69) is 0 Å². The van der Waals surface area contributed by atoms with Gasteiger partial charge in [-0.3, -0.25) is 0 Å². The maximum Gasteiger partial charge on any atom is 0.305 e. The number of aliphatic hydroxyl groups excluding tert-OH is 3. The van der Waals surface area contributed by atoms with Gasteiger partial charge in [-0.05, 0) is 53.6 Å². The number of ether oxygens (including phenoxy) is 4. The molecule has 0 saturated carbocycles. The number of aromatic hydroxyl groups is 11. The molecule has 10 rings (SSSR count). The van der Waals surface area contributed by atoms with Gasteiger partial charge in [-0.15, -0.1) is 0 Å². The number of aliphatic hydroxyl groups is 3. The van der Waals surface area contributed by atoms with Crippen molar-refractivity contribution >= 4 is 0 Å². The van der Waals surface area contributed by atoms with Gasteiger partial charge >= 0.3 is 5.79 Å². The van der Waals surface area contributed by atoms with Crippen LogP contribution in [0.1, 0.15) is 68.6 Å². The molecule has 4 aliphatic heterocycles. The van der Waals surface area contributed by atoms with Crippen LogP contribution in [0.15, 0.2) is 78.9 Å². The van der Waals surface area contributed by atoms with Crippen molar-refractivity contribution in [3.63, 3.8) is 0 Å². The van der Waals surface area contributed by atoms with Crippen LogP contribution in [0.5, 0.6) is 86.2 Å². The predicted octanol–water partition coefficient (Wildman–Crippen LogP) is 4.24. The molecule has 4 heterocycles. The Balaban J connectivity index is 1.23. The number of phenols is 11. The molecule has 4 aliphatic rings. The van der Waals surface area contributed by atoms with Gasteiger partial charge in [0.1, 0.15) is 70.1 Å². The molecule has 2 bridgehead atoms. The summed E-state index contributed by atoms with van der Waals surface area (Å²) in [4.78, 5) is 0. The minimum absolute atomic E-state index is 0.0325. The Bertz CT molecular complexity index is 2910. The first kappa shape index (κ1) is 39.3. The number of benzene rings is 6. The standard InChI is InChI=1S/C45H36O18/c46-18-10-27(54)33-31(11-18)62-45(17-3-6-22(49)26(53)9-17)44(59)38(33)36-32(63-45)14-30-35(39(36)57)37(40(58)42(60-30)16-2-5-21(48)25(52)8-16)34-28(55)13-23(50)19-12-29(56)41(61-43(19)34)15-1-4-20(47)24(51)7-15/h1-11,13-14,29,37-38,40-42,44,46-59H,12H2/t29-,37-,38+,40-,41-,42-,44-,45-/m1/s1. The lowest BCUT2D eigenvalue weighted by Gasteiger charge is -2.50. The highest BCUT2D eigenvalue weighted by Gasteiger charge is 2.60. The summed E-state index contributed by atoms with van der Waals surface area (Å²) in [5.74, 6) is -12.6. The Morgan fingerprint density at radius 2 is 1.03 bits per heavy atom. The van der Waals surface area contributed by atoms with Gasteiger partial charge in [-0.1, -0.05) is 12.1 Å². The van der Waals surface area contributed by atoms with Crippen LogP contribution in [-0.4, -0.2) is 89.8 Å². The summed E-state index contributed by atoms with van der Waals surface area (Å²) in [6.45, 7) is 0. The maximum atomic E-state index is 12.7.